The molecule has 3 aromatic rings. The van der Waals surface area contributed by atoms with Gasteiger partial charge in [-0.3, -0.25) is 4.98 Å². The fourth-order valence-corrected chi connectivity index (χ4v) is 3.47. The van der Waals surface area contributed by atoms with E-state index in [0.29, 0.717) is 5.92 Å². The van der Waals surface area contributed by atoms with Crippen LogP contribution >= 0.6 is 0 Å². The molecule has 1 unspecified atom stereocenters. The zero-order chi connectivity index (χ0) is 14.9. The van der Waals surface area contributed by atoms with Crippen LogP contribution in [0, 0.1) is 6.92 Å². The maximum atomic E-state index is 4.65. The van der Waals surface area contributed by atoms with E-state index in [1.165, 1.54) is 23.9 Å². The normalized spacial score (nSPS) is 18.8. The second-order valence-electron chi connectivity index (χ2n) is 6.06. The molecular formula is C18H20N4. The number of piperidine rings is 1. The average Bonchev–Trinajstić information content (AvgIpc) is 3.09. The zero-order valence-electron chi connectivity index (χ0n) is 12.8. The van der Waals surface area contributed by atoms with Crippen molar-refractivity contribution in [2.45, 2.75) is 25.7 Å². The van der Waals surface area contributed by atoms with Gasteiger partial charge in [0.25, 0.3) is 0 Å². The minimum Gasteiger partial charge on any atom is -0.370 e. The molecule has 1 atom stereocenters. The van der Waals surface area contributed by atoms with Crippen molar-refractivity contribution in [3.63, 3.8) is 0 Å². The Bertz CT molecular complexity index is 779. The van der Waals surface area contributed by atoms with Gasteiger partial charge in [0.2, 0.25) is 0 Å². The number of hydrogen-bond donors (Lipinski definition) is 1. The molecule has 3 heterocycles. The highest BCUT2D eigenvalue weighted by Gasteiger charge is 2.24. The van der Waals surface area contributed by atoms with Gasteiger partial charge >= 0.3 is 0 Å². The van der Waals surface area contributed by atoms with Crippen LogP contribution in [0.3, 0.4) is 0 Å². The molecule has 1 aromatic carbocycles. The van der Waals surface area contributed by atoms with Crippen molar-refractivity contribution >= 4 is 16.6 Å². The second kappa shape index (κ2) is 5.44. The summed E-state index contributed by atoms with van der Waals surface area (Å²) in [7, 11) is 0. The third-order valence-corrected chi connectivity index (χ3v) is 4.49. The Morgan fingerprint density at radius 3 is 3.05 bits per heavy atom. The van der Waals surface area contributed by atoms with Crippen LogP contribution in [-0.4, -0.2) is 28.0 Å². The number of pyridine rings is 1. The first kappa shape index (κ1) is 13.3. The highest BCUT2D eigenvalue weighted by molar-refractivity contribution is 5.92. The van der Waals surface area contributed by atoms with E-state index in [0.717, 1.165) is 30.1 Å². The number of rotatable bonds is 2. The Kier molecular flexibility index (Phi) is 3.29. The van der Waals surface area contributed by atoms with Crippen molar-refractivity contribution in [2.75, 3.05) is 18.0 Å². The molecule has 0 aliphatic carbocycles. The van der Waals surface area contributed by atoms with Crippen LogP contribution in [0.15, 0.2) is 42.7 Å². The lowest BCUT2D eigenvalue weighted by molar-refractivity contribution is 0.495. The van der Waals surface area contributed by atoms with Gasteiger partial charge in [0.15, 0.2) is 0 Å². The molecule has 0 radical (unpaired) electrons. The van der Waals surface area contributed by atoms with E-state index in [9.17, 15) is 0 Å². The molecule has 1 N–H and O–H groups in total. The summed E-state index contributed by atoms with van der Waals surface area (Å²) >= 11 is 0. The number of hydrogen-bond acceptors (Lipinski definition) is 3. The van der Waals surface area contributed by atoms with Crippen molar-refractivity contribution < 1.29 is 0 Å². The fraction of sp³-hybridized carbons (Fsp3) is 0.333. The highest BCUT2D eigenvalue weighted by atomic mass is 15.1. The van der Waals surface area contributed by atoms with E-state index in [-0.39, 0.29) is 0 Å². The summed E-state index contributed by atoms with van der Waals surface area (Å²) in [5, 5.41) is 1.24. The van der Waals surface area contributed by atoms with E-state index in [2.05, 4.69) is 57.1 Å². The van der Waals surface area contributed by atoms with Gasteiger partial charge in [-0.2, -0.15) is 0 Å². The molecule has 22 heavy (non-hydrogen) atoms. The van der Waals surface area contributed by atoms with Gasteiger partial charge in [-0.05, 0) is 31.9 Å². The second-order valence-corrected chi connectivity index (χ2v) is 6.06. The number of anilines is 1. The number of fused-ring (bicyclic) bond motifs is 1. The number of imidazole rings is 1. The van der Waals surface area contributed by atoms with Crippen molar-refractivity contribution in [3.8, 4) is 0 Å². The zero-order valence-corrected chi connectivity index (χ0v) is 12.8. The third-order valence-electron chi connectivity index (χ3n) is 4.49. The molecule has 1 aliphatic heterocycles. The molecule has 1 aliphatic rings. The summed E-state index contributed by atoms with van der Waals surface area (Å²) in [6.45, 7) is 4.19. The quantitative estimate of drug-likeness (QED) is 0.784. The largest absolute Gasteiger partial charge is 0.370 e. The molecule has 1 saturated heterocycles. The number of para-hydroxylation sites is 1. The minimum absolute atomic E-state index is 0.482. The average molecular weight is 292 g/mol. The molecular weight excluding hydrogens is 272 g/mol. The Morgan fingerprint density at radius 2 is 2.18 bits per heavy atom. The van der Waals surface area contributed by atoms with Gasteiger partial charge in [-0.25, -0.2) is 4.98 Å². The molecule has 4 heteroatoms. The highest BCUT2D eigenvalue weighted by Crippen LogP contribution is 2.32. The molecule has 1 fully saturated rings. The van der Waals surface area contributed by atoms with Crippen LogP contribution in [0.5, 0.6) is 0 Å². The van der Waals surface area contributed by atoms with Crippen molar-refractivity contribution in [1.29, 1.82) is 0 Å². The van der Waals surface area contributed by atoms with Gasteiger partial charge in [0.1, 0.15) is 5.82 Å². The van der Waals surface area contributed by atoms with E-state index in [4.69, 9.17) is 0 Å². The standard InChI is InChI=1S/C18H20N4/c1-13-11-17(15-6-2-3-7-16(15)21-13)22-10-4-5-14(12-22)18-19-8-9-20-18/h2-3,6-9,11,14H,4-5,10,12H2,1H3,(H,19,20). The van der Waals surface area contributed by atoms with Gasteiger partial charge in [-0.1, -0.05) is 18.2 Å². The number of nitrogens with zero attached hydrogens (tertiary/aromatic N) is 3. The first-order chi connectivity index (χ1) is 10.8. The Hall–Kier alpha value is -2.36. The molecule has 2 aromatic heterocycles. The monoisotopic (exact) mass is 292 g/mol. The Labute approximate surface area is 130 Å². The number of benzene rings is 1. The SMILES string of the molecule is Cc1cc(N2CCCC(c3ncc[nH]3)C2)c2ccccc2n1. The molecule has 112 valence electrons. The Balaban J connectivity index is 1.72. The molecule has 0 saturated carbocycles. The van der Waals surface area contributed by atoms with E-state index in [1.807, 2.05) is 12.4 Å². The van der Waals surface area contributed by atoms with Crippen molar-refractivity contribution in [1.82, 2.24) is 15.0 Å². The van der Waals surface area contributed by atoms with Gasteiger partial charge in [0, 0.05) is 48.2 Å². The van der Waals surface area contributed by atoms with Crippen molar-refractivity contribution in [3.05, 3.63) is 54.2 Å². The lowest BCUT2D eigenvalue weighted by Crippen LogP contribution is -2.35. The molecule has 4 rings (SSSR count). The lowest BCUT2D eigenvalue weighted by Gasteiger charge is -2.34. The van der Waals surface area contributed by atoms with Gasteiger partial charge in [-0.15, -0.1) is 0 Å². The van der Waals surface area contributed by atoms with E-state index >= 15 is 0 Å². The van der Waals surface area contributed by atoms with Crippen molar-refractivity contribution in [2.24, 2.45) is 0 Å². The topological polar surface area (TPSA) is 44.8 Å². The number of aryl methyl sites for hydroxylation is 1. The predicted octanol–water partition coefficient (Wildman–Crippen LogP) is 3.65. The van der Waals surface area contributed by atoms with E-state index < -0.39 is 0 Å². The Morgan fingerprint density at radius 1 is 1.27 bits per heavy atom. The lowest BCUT2D eigenvalue weighted by atomic mass is 9.96. The summed E-state index contributed by atoms with van der Waals surface area (Å²) in [6, 6.07) is 10.6. The maximum absolute atomic E-state index is 4.65. The molecule has 0 amide bonds. The van der Waals surface area contributed by atoms with Crippen LogP contribution in [0.1, 0.15) is 30.3 Å². The summed E-state index contributed by atoms with van der Waals surface area (Å²) in [6.07, 6.45) is 6.16. The predicted molar refractivity (Wildman–Crippen MR) is 89.3 cm³/mol. The number of aromatic amines is 1. The minimum atomic E-state index is 0.482. The summed E-state index contributed by atoms with van der Waals surface area (Å²) in [5.41, 5.74) is 3.46. The molecule has 0 spiro atoms. The summed E-state index contributed by atoms with van der Waals surface area (Å²) < 4.78 is 0. The third kappa shape index (κ3) is 2.34. The van der Waals surface area contributed by atoms with E-state index in [1.54, 1.807) is 0 Å². The molecule has 0 bridgehead atoms. The fourth-order valence-electron chi connectivity index (χ4n) is 3.47. The van der Waals surface area contributed by atoms with Crippen LogP contribution < -0.4 is 4.90 Å². The molecule has 4 nitrogen and oxygen atoms in total. The van der Waals surface area contributed by atoms with Crippen LogP contribution in [0.2, 0.25) is 0 Å². The van der Waals surface area contributed by atoms with Crippen LogP contribution in [0.25, 0.3) is 10.9 Å². The number of nitrogens with one attached hydrogen (secondary N) is 1. The van der Waals surface area contributed by atoms with Crippen LogP contribution in [-0.2, 0) is 0 Å². The smallest absolute Gasteiger partial charge is 0.110 e. The summed E-state index contributed by atoms with van der Waals surface area (Å²) in [4.78, 5) is 14.9. The van der Waals surface area contributed by atoms with Gasteiger partial charge < -0.3 is 9.88 Å². The number of H-pyrrole nitrogens is 1. The first-order valence-corrected chi connectivity index (χ1v) is 7.92. The first-order valence-electron chi connectivity index (χ1n) is 7.92. The summed E-state index contributed by atoms with van der Waals surface area (Å²) in [5.74, 6) is 1.59. The van der Waals surface area contributed by atoms with Crippen LogP contribution in [0.4, 0.5) is 5.69 Å². The number of aromatic nitrogens is 3. The van der Waals surface area contributed by atoms with Gasteiger partial charge in [0.05, 0.1) is 5.52 Å². The maximum Gasteiger partial charge on any atom is 0.110 e.